The fraction of sp³-hybridized carbons (Fsp3) is 0.167. The molecule has 26 heavy (non-hydrogen) atoms. The molecule has 0 N–H and O–H groups in total. The van der Waals surface area contributed by atoms with Crippen LogP contribution >= 0.6 is 0 Å². The highest BCUT2D eigenvalue weighted by Gasteiger charge is 2.10. The summed E-state index contributed by atoms with van der Waals surface area (Å²) in [6.07, 6.45) is 0. The molecule has 2 nitrogen and oxygen atoms in total. The van der Waals surface area contributed by atoms with Crippen LogP contribution in [0.25, 0.3) is 11.1 Å². The standard InChI is InChI=1S/C24H22N2/c1-15-9-19-13-21(11-15)22-12-16(2)10-20(14-22)18(4)26-24-8-6-5-7-23(24)25-17(19)3/h5-14H,1-4H3. The van der Waals surface area contributed by atoms with Gasteiger partial charge >= 0.3 is 0 Å². The first kappa shape index (κ1) is 16.5. The number of hydrogen-bond donors (Lipinski definition) is 0. The SMILES string of the molecule is CC1=Nc2ccccc2N=C(C)c2cc(C)cc(c2)-c2cc(C)cc1c2. The van der Waals surface area contributed by atoms with Gasteiger partial charge in [0, 0.05) is 11.4 Å². The number of hydrogen-bond acceptors (Lipinski definition) is 2. The minimum atomic E-state index is 0.904. The van der Waals surface area contributed by atoms with E-state index >= 15 is 0 Å². The first-order valence-electron chi connectivity index (χ1n) is 8.94. The molecule has 0 saturated carbocycles. The molecule has 3 aromatic carbocycles. The molecule has 0 aromatic heterocycles. The summed E-state index contributed by atoms with van der Waals surface area (Å²) in [5.74, 6) is 0. The van der Waals surface area contributed by atoms with E-state index in [1.54, 1.807) is 0 Å². The number of aryl methyl sites for hydroxylation is 2. The molecule has 2 heteroatoms. The van der Waals surface area contributed by atoms with E-state index in [0.717, 1.165) is 33.9 Å². The van der Waals surface area contributed by atoms with Gasteiger partial charge < -0.3 is 0 Å². The lowest BCUT2D eigenvalue weighted by molar-refractivity contribution is 1.38. The Hall–Kier alpha value is -3.00. The lowest BCUT2D eigenvalue weighted by Crippen LogP contribution is -1.99. The monoisotopic (exact) mass is 338 g/mol. The summed E-state index contributed by atoms with van der Waals surface area (Å²) in [6.45, 7) is 8.42. The van der Waals surface area contributed by atoms with Crippen molar-refractivity contribution in [3.8, 4) is 11.1 Å². The highest BCUT2D eigenvalue weighted by Crippen LogP contribution is 2.32. The van der Waals surface area contributed by atoms with Crippen molar-refractivity contribution in [3.05, 3.63) is 82.9 Å². The fourth-order valence-electron chi connectivity index (χ4n) is 3.46. The van der Waals surface area contributed by atoms with Gasteiger partial charge in [-0.15, -0.1) is 0 Å². The molecule has 4 rings (SSSR count). The van der Waals surface area contributed by atoms with E-state index in [0.29, 0.717) is 0 Å². The normalized spacial score (nSPS) is 13.1. The molecule has 0 amide bonds. The molecular weight excluding hydrogens is 316 g/mol. The zero-order chi connectivity index (χ0) is 18.3. The molecule has 0 unspecified atom stereocenters. The van der Waals surface area contributed by atoms with E-state index in [1.165, 1.54) is 22.3 Å². The molecule has 4 bridgehead atoms. The number of fused-ring (bicyclic) bond motifs is 6. The lowest BCUT2D eigenvalue weighted by atomic mass is 9.94. The second kappa shape index (κ2) is 6.38. The van der Waals surface area contributed by atoms with Crippen molar-refractivity contribution in [1.82, 2.24) is 0 Å². The molecule has 1 aliphatic rings. The average Bonchev–Trinajstić information content (AvgIpc) is 2.61. The Bertz CT molecular complexity index is 985. The number of rotatable bonds is 0. The van der Waals surface area contributed by atoms with Crippen molar-refractivity contribution in [3.63, 3.8) is 0 Å². The van der Waals surface area contributed by atoms with Crippen molar-refractivity contribution in [2.45, 2.75) is 27.7 Å². The Balaban J connectivity index is 2.09. The van der Waals surface area contributed by atoms with E-state index < -0.39 is 0 Å². The molecule has 0 atom stereocenters. The summed E-state index contributed by atoms with van der Waals surface area (Å²) in [7, 11) is 0. The first-order chi connectivity index (χ1) is 12.5. The molecule has 1 aliphatic heterocycles. The van der Waals surface area contributed by atoms with Gasteiger partial charge in [-0.3, -0.25) is 9.98 Å². The van der Waals surface area contributed by atoms with Crippen LogP contribution in [0.3, 0.4) is 0 Å². The van der Waals surface area contributed by atoms with Gasteiger partial charge in [0.1, 0.15) is 0 Å². The summed E-state index contributed by atoms with van der Waals surface area (Å²) in [6, 6.07) is 21.4. The third-order valence-corrected chi connectivity index (χ3v) is 4.78. The van der Waals surface area contributed by atoms with Crippen LogP contribution in [-0.4, -0.2) is 11.4 Å². The minimum Gasteiger partial charge on any atom is -0.251 e. The van der Waals surface area contributed by atoms with Gasteiger partial charge in [-0.1, -0.05) is 36.4 Å². The molecule has 0 fully saturated rings. The maximum atomic E-state index is 4.89. The zero-order valence-electron chi connectivity index (χ0n) is 15.7. The van der Waals surface area contributed by atoms with Crippen LogP contribution < -0.4 is 0 Å². The van der Waals surface area contributed by atoms with E-state index in [-0.39, 0.29) is 0 Å². The number of benzene rings is 3. The van der Waals surface area contributed by atoms with E-state index in [2.05, 4.69) is 64.1 Å². The van der Waals surface area contributed by atoms with Crippen molar-refractivity contribution in [2.24, 2.45) is 9.98 Å². The van der Waals surface area contributed by atoms with Crippen molar-refractivity contribution >= 4 is 22.8 Å². The number of nitrogens with zero attached hydrogens (tertiary/aromatic N) is 2. The highest BCUT2D eigenvalue weighted by atomic mass is 14.8. The third-order valence-electron chi connectivity index (χ3n) is 4.78. The molecule has 0 spiro atoms. The average molecular weight is 338 g/mol. The predicted octanol–water partition coefficient (Wildman–Crippen LogP) is 6.57. The smallest absolute Gasteiger partial charge is 0.0889 e. The molecule has 3 aromatic rings. The largest absolute Gasteiger partial charge is 0.251 e. The fourth-order valence-corrected chi connectivity index (χ4v) is 3.46. The van der Waals surface area contributed by atoms with E-state index in [9.17, 15) is 0 Å². The van der Waals surface area contributed by atoms with Gasteiger partial charge in [0.2, 0.25) is 0 Å². The second-order valence-corrected chi connectivity index (χ2v) is 7.06. The maximum absolute atomic E-state index is 4.89. The van der Waals surface area contributed by atoms with Gasteiger partial charge in [-0.05, 0) is 85.3 Å². The Morgan fingerprint density at radius 2 is 0.885 bits per heavy atom. The molecular formula is C24H22N2. The zero-order valence-corrected chi connectivity index (χ0v) is 15.7. The minimum absolute atomic E-state index is 0.904. The maximum Gasteiger partial charge on any atom is 0.0889 e. The Kier molecular flexibility index (Phi) is 4.04. The van der Waals surface area contributed by atoms with Gasteiger partial charge in [-0.2, -0.15) is 0 Å². The van der Waals surface area contributed by atoms with Gasteiger partial charge in [-0.25, -0.2) is 0 Å². The summed E-state index contributed by atoms with van der Waals surface area (Å²) in [4.78, 5) is 9.77. The first-order valence-corrected chi connectivity index (χ1v) is 8.94. The highest BCUT2D eigenvalue weighted by molar-refractivity contribution is 6.04. The van der Waals surface area contributed by atoms with Crippen molar-refractivity contribution < 1.29 is 0 Å². The Morgan fingerprint density at radius 3 is 1.31 bits per heavy atom. The van der Waals surface area contributed by atoms with Crippen LogP contribution in [0, 0.1) is 13.8 Å². The molecule has 1 heterocycles. The predicted molar refractivity (Wildman–Crippen MR) is 112 cm³/mol. The van der Waals surface area contributed by atoms with Crippen LogP contribution in [0.15, 0.2) is 70.6 Å². The van der Waals surface area contributed by atoms with Crippen LogP contribution in [0.2, 0.25) is 0 Å². The van der Waals surface area contributed by atoms with Crippen molar-refractivity contribution in [1.29, 1.82) is 0 Å². The lowest BCUT2D eigenvalue weighted by Gasteiger charge is -2.13. The number of aliphatic imine (C=N–C) groups is 2. The summed E-state index contributed by atoms with van der Waals surface area (Å²) in [5.41, 5.74) is 11.0. The van der Waals surface area contributed by atoms with Crippen LogP contribution in [0.5, 0.6) is 0 Å². The summed E-state index contributed by atoms with van der Waals surface area (Å²) >= 11 is 0. The molecule has 128 valence electrons. The molecule has 0 saturated heterocycles. The molecule has 0 radical (unpaired) electrons. The van der Waals surface area contributed by atoms with Crippen LogP contribution in [0.4, 0.5) is 11.4 Å². The van der Waals surface area contributed by atoms with Gasteiger partial charge in [0.05, 0.1) is 11.4 Å². The van der Waals surface area contributed by atoms with Gasteiger partial charge in [0.15, 0.2) is 0 Å². The second-order valence-electron chi connectivity index (χ2n) is 7.06. The topological polar surface area (TPSA) is 24.7 Å². The number of para-hydroxylation sites is 2. The Labute approximate surface area is 155 Å². The van der Waals surface area contributed by atoms with E-state index in [1.807, 2.05) is 24.3 Å². The van der Waals surface area contributed by atoms with Gasteiger partial charge in [0.25, 0.3) is 0 Å². The summed E-state index contributed by atoms with van der Waals surface area (Å²) < 4.78 is 0. The quantitative estimate of drug-likeness (QED) is 0.443. The molecule has 0 aliphatic carbocycles. The van der Waals surface area contributed by atoms with Crippen molar-refractivity contribution in [2.75, 3.05) is 0 Å². The summed E-state index contributed by atoms with van der Waals surface area (Å²) in [5, 5.41) is 0. The van der Waals surface area contributed by atoms with Crippen LogP contribution in [0.1, 0.15) is 36.1 Å². The van der Waals surface area contributed by atoms with Crippen LogP contribution in [-0.2, 0) is 0 Å². The third kappa shape index (κ3) is 3.11. The van der Waals surface area contributed by atoms with E-state index in [4.69, 9.17) is 9.98 Å². The Morgan fingerprint density at radius 1 is 0.500 bits per heavy atom.